The number of aryl methyl sites for hydroxylation is 1. The molecule has 0 unspecified atom stereocenters. The first-order chi connectivity index (χ1) is 9.67. The second-order valence-electron chi connectivity index (χ2n) is 4.38. The number of carbonyl (C=O) groups is 1. The molecule has 20 heavy (non-hydrogen) atoms. The molecule has 0 aliphatic rings. The normalized spacial score (nSPS) is 10.1. The van der Waals surface area contributed by atoms with Crippen LogP contribution in [0.15, 0.2) is 36.7 Å². The maximum atomic E-state index is 11.6. The largest absolute Gasteiger partial charge is 0.497 e. The smallest absolute Gasteiger partial charge is 0.319 e. The van der Waals surface area contributed by atoms with E-state index >= 15 is 0 Å². The third kappa shape index (κ3) is 4.01. The Bertz CT molecular complexity index is 563. The van der Waals surface area contributed by atoms with Gasteiger partial charge in [-0.3, -0.25) is 4.68 Å². The number of anilines is 1. The van der Waals surface area contributed by atoms with E-state index in [0.717, 1.165) is 17.7 Å². The molecule has 2 aromatic rings. The van der Waals surface area contributed by atoms with E-state index < -0.39 is 0 Å². The lowest BCUT2D eigenvalue weighted by Gasteiger charge is -2.06. The lowest BCUT2D eigenvalue weighted by molar-refractivity contribution is 0.252. The summed E-state index contributed by atoms with van der Waals surface area (Å²) in [5.41, 5.74) is 1.82. The third-order valence-corrected chi connectivity index (χ3v) is 2.82. The van der Waals surface area contributed by atoms with Crippen LogP contribution in [0.3, 0.4) is 0 Å². The van der Waals surface area contributed by atoms with E-state index in [0.29, 0.717) is 12.2 Å². The van der Waals surface area contributed by atoms with Crippen molar-refractivity contribution in [3.63, 3.8) is 0 Å². The van der Waals surface area contributed by atoms with Gasteiger partial charge in [-0.1, -0.05) is 12.1 Å². The Labute approximate surface area is 117 Å². The molecule has 0 saturated heterocycles. The first-order valence-corrected chi connectivity index (χ1v) is 6.34. The third-order valence-electron chi connectivity index (χ3n) is 2.82. The van der Waals surface area contributed by atoms with Crippen molar-refractivity contribution in [3.8, 4) is 5.75 Å². The number of ether oxygens (including phenoxy) is 1. The van der Waals surface area contributed by atoms with Crippen LogP contribution in [-0.4, -0.2) is 29.5 Å². The van der Waals surface area contributed by atoms with Gasteiger partial charge >= 0.3 is 6.03 Å². The Morgan fingerprint density at radius 2 is 2.10 bits per heavy atom. The van der Waals surface area contributed by atoms with Gasteiger partial charge in [0.1, 0.15) is 5.75 Å². The van der Waals surface area contributed by atoms with Gasteiger partial charge in [0.15, 0.2) is 0 Å². The number of nitrogens with one attached hydrogen (secondary N) is 2. The van der Waals surface area contributed by atoms with Crippen LogP contribution < -0.4 is 15.4 Å². The van der Waals surface area contributed by atoms with Crippen molar-refractivity contribution in [2.45, 2.75) is 6.42 Å². The minimum absolute atomic E-state index is 0.230. The highest BCUT2D eigenvalue weighted by Gasteiger charge is 2.02. The molecule has 0 aliphatic carbocycles. The van der Waals surface area contributed by atoms with Crippen molar-refractivity contribution < 1.29 is 9.53 Å². The second-order valence-corrected chi connectivity index (χ2v) is 4.38. The van der Waals surface area contributed by atoms with Crippen LogP contribution in [0.1, 0.15) is 5.56 Å². The summed E-state index contributed by atoms with van der Waals surface area (Å²) in [4.78, 5) is 11.6. The fraction of sp³-hybridized carbons (Fsp3) is 0.286. The summed E-state index contributed by atoms with van der Waals surface area (Å²) in [5, 5.41) is 9.49. The maximum Gasteiger partial charge on any atom is 0.319 e. The number of amides is 2. The number of aromatic nitrogens is 2. The lowest BCUT2D eigenvalue weighted by atomic mass is 10.1. The van der Waals surface area contributed by atoms with E-state index in [1.54, 1.807) is 31.2 Å². The molecule has 1 aromatic heterocycles. The molecule has 0 saturated carbocycles. The van der Waals surface area contributed by atoms with Crippen LogP contribution in [-0.2, 0) is 13.5 Å². The van der Waals surface area contributed by atoms with E-state index in [4.69, 9.17) is 4.74 Å². The van der Waals surface area contributed by atoms with Crippen LogP contribution >= 0.6 is 0 Å². The first-order valence-electron chi connectivity index (χ1n) is 6.34. The van der Waals surface area contributed by atoms with Crippen molar-refractivity contribution >= 4 is 11.7 Å². The first kappa shape index (κ1) is 13.9. The molecule has 2 amide bonds. The lowest BCUT2D eigenvalue weighted by Crippen LogP contribution is -2.30. The van der Waals surface area contributed by atoms with Crippen molar-refractivity contribution in [3.05, 3.63) is 42.2 Å². The number of rotatable bonds is 5. The molecule has 0 spiro atoms. The standard InChI is InChI=1S/C14H18N4O2/c1-18-10-12(9-16-18)17-14(19)15-8-7-11-3-5-13(20-2)6-4-11/h3-6,9-10H,7-8H2,1-2H3,(H2,15,17,19). The van der Waals surface area contributed by atoms with E-state index in [2.05, 4.69) is 15.7 Å². The molecule has 6 nitrogen and oxygen atoms in total. The molecule has 2 N–H and O–H groups in total. The average molecular weight is 274 g/mol. The topological polar surface area (TPSA) is 68.2 Å². The van der Waals surface area contributed by atoms with Crippen LogP contribution in [0, 0.1) is 0 Å². The van der Waals surface area contributed by atoms with Crippen molar-refractivity contribution in [2.24, 2.45) is 7.05 Å². The summed E-state index contributed by atoms with van der Waals surface area (Å²) in [6.45, 7) is 0.568. The van der Waals surface area contributed by atoms with Gasteiger partial charge in [-0.25, -0.2) is 4.79 Å². The Kier molecular flexibility index (Phi) is 4.60. The highest BCUT2D eigenvalue weighted by atomic mass is 16.5. The number of hydrogen-bond donors (Lipinski definition) is 2. The molecule has 0 radical (unpaired) electrons. The highest BCUT2D eigenvalue weighted by molar-refractivity contribution is 5.88. The quantitative estimate of drug-likeness (QED) is 0.873. The Morgan fingerprint density at radius 1 is 1.35 bits per heavy atom. The number of methoxy groups -OCH3 is 1. The molecule has 0 fully saturated rings. The zero-order valence-electron chi connectivity index (χ0n) is 11.6. The van der Waals surface area contributed by atoms with Crippen LogP contribution in [0.2, 0.25) is 0 Å². The van der Waals surface area contributed by atoms with Gasteiger partial charge in [0.05, 0.1) is 19.0 Å². The molecule has 1 aromatic carbocycles. The van der Waals surface area contributed by atoms with Crippen LogP contribution in [0.5, 0.6) is 5.75 Å². The SMILES string of the molecule is COc1ccc(CCNC(=O)Nc2cnn(C)c2)cc1. The van der Waals surface area contributed by atoms with E-state index in [1.165, 1.54) is 0 Å². The van der Waals surface area contributed by atoms with Crippen LogP contribution in [0.4, 0.5) is 10.5 Å². The Hall–Kier alpha value is -2.50. The van der Waals surface area contributed by atoms with Crippen molar-refractivity contribution in [1.82, 2.24) is 15.1 Å². The van der Waals surface area contributed by atoms with Gasteiger partial charge in [0.2, 0.25) is 0 Å². The summed E-state index contributed by atoms with van der Waals surface area (Å²) < 4.78 is 6.72. The number of nitrogens with zero attached hydrogens (tertiary/aromatic N) is 2. The van der Waals surface area contributed by atoms with Gasteiger partial charge in [-0.05, 0) is 24.1 Å². The van der Waals surface area contributed by atoms with Gasteiger partial charge in [-0.2, -0.15) is 5.10 Å². The molecular formula is C14H18N4O2. The predicted molar refractivity (Wildman–Crippen MR) is 76.9 cm³/mol. The van der Waals surface area contributed by atoms with Gasteiger partial charge < -0.3 is 15.4 Å². The van der Waals surface area contributed by atoms with Gasteiger partial charge in [0, 0.05) is 19.8 Å². The highest BCUT2D eigenvalue weighted by Crippen LogP contribution is 2.11. The van der Waals surface area contributed by atoms with Gasteiger partial charge in [0.25, 0.3) is 0 Å². The maximum absolute atomic E-state index is 11.6. The summed E-state index contributed by atoms with van der Waals surface area (Å²) in [5.74, 6) is 0.830. The Morgan fingerprint density at radius 3 is 2.70 bits per heavy atom. The fourth-order valence-electron chi connectivity index (χ4n) is 1.77. The monoisotopic (exact) mass is 274 g/mol. The fourth-order valence-corrected chi connectivity index (χ4v) is 1.77. The van der Waals surface area contributed by atoms with Gasteiger partial charge in [-0.15, -0.1) is 0 Å². The summed E-state index contributed by atoms with van der Waals surface area (Å²) >= 11 is 0. The van der Waals surface area contributed by atoms with Crippen molar-refractivity contribution in [1.29, 1.82) is 0 Å². The summed E-state index contributed by atoms with van der Waals surface area (Å²) in [7, 11) is 3.44. The minimum Gasteiger partial charge on any atom is -0.497 e. The molecule has 1 heterocycles. The van der Waals surface area contributed by atoms with Crippen LogP contribution in [0.25, 0.3) is 0 Å². The number of carbonyl (C=O) groups excluding carboxylic acids is 1. The summed E-state index contributed by atoms with van der Waals surface area (Å²) in [6.07, 6.45) is 4.11. The molecule has 0 atom stereocenters. The molecule has 6 heteroatoms. The number of hydrogen-bond acceptors (Lipinski definition) is 3. The molecule has 106 valence electrons. The van der Waals surface area contributed by atoms with E-state index in [1.807, 2.05) is 24.3 Å². The number of urea groups is 1. The predicted octanol–water partition coefficient (Wildman–Crippen LogP) is 1.79. The minimum atomic E-state index is -0.230. The van der Waals surface area contributed by atoms with E-state index in [-0.39, 0.29) is 6.03 Å². The average Bonchev–Trinajstić information content (AvgIpc) is 2.85. The van der Waals surface area contributed by atoms with Crippen molar-refractivity contribution in [2.75, 3.05) is 19.0 Å². The Balaban J connectivity index is 1.73. The second kappa shape index (κ2) is 6.60. The summed E-state index contributed by atoms with van der Waals surface area (Å²) in [6, 6.07) is 7.56. The molecule has 0 aliphatic heterocycles. The zero-order chi connectivity index (χ0) is 14.4. The molecule has 0 bridgehead atoms. The molecular weight excluding hydrogens is 256 g/mol. The number of benzene rings is 1. The van der Waals surface area contributed by atoms with E-state index in [9.17, 15) is 4.79 Å². The zero-order valence-corrected chi connectivity index (χ0v) is 11.6. The molecule has 2 rings (SSSR count).